The highest BCUT2D eigenvalue weighted by Crippen LogP contribution is 2.08. The van der Waals surface area contributed by atoms with Gasteiger partial charge in [-0.1, -0.05) is 0 Å². The standard InChI is InChI=1S/C20H36N4.2HI/c1-17(2)23-15-13-21(19(23)5)11-9-7-8-10-12-22-14-16-24(18(3)4)20(22)6;;/h13-18H,7-12H2,1-6H3;2*1H/q+2;;/p-2. The van der Waals surface area contributed by atoms with Gasteiger partial charge in [-0.15, -0.1) is 0 Å². The highest BCUT2D eigenvalue weighted by molar-refractivity contribution is 4.83. The Kier molecular flexibility index (Phi) is 12.3. The monoisotopic (exact) mass is 586 g/mol. The molecule has 0 amide bonds. The second kappa shape index (κ2) is 12.4. The first-order valence-corrected chi connectivity index (χ1v) is 9.55. The molecule has 0 aliphatic heterocycles. The normalized spacial score (nSPS) is 10.9. The van der Waals surface area contributed by atoms with Gasteiger partial charge < -0.3 is 48.0 Å². The lowest BCUT2D eigenvalue weighted by atomic mass is 10.2. The summed E-state index contributed by atoms with van der Waals surface area (Å²) in [6.07, 6.45) is 14.0. The molecule has 150 valence electrons. The Morgan fingerprint density at radius 2 is 1.04 bits per heavy atom. The molecule has 6 heteroatoms. The Bertz CT molecular complexity index is 588. The number of unbranched alkanes of at least 4 members (excludes halogenated alkanes) is 3. The van der Waals surface area contributed by atoms with Crippen LogP contribution in [0.3, 0.4) is 0 Å². The average molecular weight is 586 g/mol. The minimum absolute atomic E-state index is 0. The molecule has 0 saturated heterocycles. The predicted octanol–water partition coefficient (Wildman–Crippen LogP) is -2.09. The fraction of sp³-hybridized carbons (Fsp3) is 0.700. The Labute approximate surface area is 194 Å². The molecule has 0 spiro atoms. The minimum Gasteiger partial charge on any atom is -1.00 e. The molecule has 0 aliphatic carbocycles. The lowest BCUT2D eigenvalue weighted by Crippen LogP contribution is -3.00. The topological polar surface area (TPSA) is 17.6 Å². The van der Waals surface area contributed by atoms with Crippen LogP contribution in [0.25, 0.3) is 0 Å². The Morgan fingerprint density at radius 1 is 0.692 bits per heavy atom. The maximum atomic E-state index is 2.39. The molecule has 4 nitrogen and oxygen atoms in total. The third-order valence-electron chi connectivity index (χ3n) is 5.05. The molecule has 0 N–H and O–H groups in total. The number of nitrogens with zero attached hydrogens (tertiary/aromatic N) is 4. The first-order valence-electron chi connectivity index (χ1n) is 9.55. The number of rotatable bonds is 9. The van der Waals surface area contributed by atoms with Gasteiger partial charge in [0.15, 0.2) is 0 Å². The van der Waals surface area contributed by atoms with Gasteiger partial charge in [0.05, 0.1) is 25.2 Å². The summed E-state index contributed by atoms with van der Waals surface area (Å²) in [4.78, 5) is 0. The van der Waals surface area contributed by atoms with Crippen LogP contribution in [0.1, 0.15) is 77.1 Å². The highest BCUT2D eigenvalue weighted by Gasteiger charge is 2.15. The van der Waals surface area contributed by atoms with Gasteiger partial charge in [0.2, 0.25) is 0 Å². The molecule has 0 atom stereocenters. The van der Waals surface area contributed by atoms with Crippen molar-refractivity contribution in [2.75, 3.05) is 0 Å². The smallest absolute Gasteiger partial charge is 0.253 e. The van der Waals surface area contributed by atoms with E-state index in [1.54, 1.807) is 0 Å². The van der Waals surface area contributed by atoms with Crippen LogP contribution in [0.5, 0.6) is 0 Å². The lowest BCUT2D eigenvalue weighted by Gasteiger charge is -2.05. The maximum absolute atomic E-state index is 2.39. The van der Waals surface area contributed by atoms with Gasteiger partial charge in [-0.05, 0) is 53.4 Å². The zero-order valence-electron chi connectivity index (χ0n) is 17.3. The van der Waals surface area contributed by atoms with Gasteiger partial charge in [-0.25, -0.2) is 18.3 Å². The molecule has 2 heterocycles. The van der Waals surface area contributed by atoms with Crippen molar-refractivity contribution in [1.29, 1.82) is 0 Å². The summed E-state index contributed by atoms with van der Waals surface area (Å²) in [5.74, 6) is 2.73. The second-order valence-electron chi connectivity index (χ2n) is 7.49. The van der Waals surface area contributed by atoms with Crippen molar-refractivity contribution in [3.63, 3.8) is 0 Å². The van der Waals surface area contributed by atoms with Crippen LogP contribution >= 0.6 is 0 Å². The van der Waals surface area contributed by atoms with E-state index in [0.717, 1.165) is 13.1 Å². The van der Waals surface area contributed by atoms with E-state index in [1.807, 2.05) is 0 Å². The van der Waals surface area contributed by atoms with E-state index in [9.17, 15) is 0 Å². The van der Waals surface area contributed by atoms with Crippen LogP contribution in [-0.4, -0.2) is 9.13 Å². The largest absolute Gasteiger partial charge is 1.00 e. The molecule has 0 unspecified atom stereocenters. The fourth-order valence-corrected chi connectivity index (χ4v) is 3.51. The average Bonchev–Trinajstić information content (AvgIpc) is 3.06. The van der Waals surface area contributed by atoms with Crippen molar-refractivity contribution in [3.05, 3.63) is 36.4 Å². The summed E-state index contributed by atoms with van der Waals surface area (Å²) < 4.78 is 9.47. The van der Waals surface area contributed by atoms with E-state index in [1.165, 1.54) is 37.3 Å². The molecular weight excluding hydrogens is 550 g/mol. The summed E-state index contributed by atoms with van der Waals surface area (Å²) in [6.45, 7) is 15.7. The van der Waals surface area contributed by atoms with Crippen LogP contribution in [0.2, 0.25) is 0 Å². The molecule has 0 fully saturated rings. The molecule has 2 aromatic rings. The van der Waals surface area contributed by atoms with Crippen LogP contribution in [-0.2, 0) is 13.1 Å². The zero-order chi connectivity index (χ0) is 17.7. The molecule has 2 aromatic heterocycles. The molecule has 26 heavy (non-hydrogen) atoms. The Balaban J connectivity index is 0.00000312. The number of imidazole rings is 2. The fourth-order valence-electron chi connectivity index (χ4n) is 3.51. The molecule has 0 saturated carbocycles. The van der Waals surface area contributed by atoms with E-state index in [4.69, 9.17) is 0 Å². The number of halogens is 2. The van der Waals surface area contributed by atoms with Gasteiger partial charge in [-0.3, -0.25) is 0 Å². The predicted molar refractivity (Wildman–Crippen MR) is 98.0 cm³/mol. The van der Waals surface area contributed by atoms with Crippen molar-refractivity contribution < 1.29 is 57.1 Å². The summed E-state index contributed by atoms with van der Waals surface area (Å²) >= 11 is 0. The van der Waals surface area contributed by atoms with Crippen LogP contribution in [0, 0.1) is 13.8 Å². The van der Waals surface area contributed by atoms with E-state index in [2.05, 4.69) is 84.6 Å². The Hall–Kier alpha value is -0.120. The molecule has 0 bridgehead atoms. The SMILES string of the molecule is Cc1n(C(C)C)cc[n+]1CCCCCC[n+]1ccn(C(C)C)c1C.[I-].[I-]. The van der Waals surface area contributed by atoms with Crippen molar-refractivity contribution in [1.82, 2.24) is 9.13 Å². The highest BCUT2D eigenvalue weighted by atomic mass is 127. The quantitative estimate of drug-likeness (QED) is 0.183. The summed E-state index contributed by atoms with van der Waals surface area (Å²) in [6, 6.07) is 1.09. The third kappa shape index (κ3) is 6.80. The van der Waals surface area contributed by atoms with Gasteiger partial charge >= 0.3 is 0 Å². The van der Waals surface area contributed by atoms with Crippen molar-refractivity contribution >= 4 is 0 Å². The summed E-state index contributed by atoms with van der Waals surface area (Å²) in [7, 11) is 0. The first-order chi connectivity index (χ1) is 11.4. The molecule has 0 aromatic carbocycles. The van der Waals surface area contributed by atoms with Crippen molar-refractivity contribution in [3.8, 4) is 0 Å². The van der Waals surface area contributed by atoms with Gasteiger partial charge in [0, 0.05) is 13.8 Å². The molecule has 0 radical (unpaired) electrons. The second-order valence-corrected chi connectivity index (χ2v) is 7.49. The van der Waals surface area contributed by atoms with E-state index >= 15 is 0 Å². The van der Waals surface area contributed by atoms with E-state index in [-0.39, 0.29) is 48.0 Å². The number of hydrogen-bond donors (Lipinski definition) is 0. The van der Waals surface area contributed by atoms with Gasteiger partial charge in [-0.2, -0.15) is 0 Å². The van der Waals surface area contributed by atoms with Gasteiger partial charge in [0.25, 0.3) is 11.6 Å². The van der Waals surface area contributed by atoms with Gasteiger partial charge in [0.1, 0.15) is 24.8 Å². The summed E-state index contributed by atoms with van der Waals surface area (Å²) in [5, 5.41) is 0. The Morgan fingerprint density at radius 3 is 1.31 bits per heavy atom. The third-order valence-corrected chi connectivity index (χ3v) is 5.05. The number of aromatic nitrogens is 4. The van der Waals surface area contributed by atoms with Crippen molar-refractivity contribution in [2.24, 2.45) is 0 Å². The molecule has 2 rings (SSSR count). The first kappa shape index (κ1) is 25.9. The molecular formula is C20H36I2N4. The molecule has 0 aliphatic rings. The number of aryl methyl sites for hydroxylation is 2. The van der Waals surface area contributed by atoms with E-state index < -0.39 is 0 Å². The van der Waals surface area contributed by atoms with Crippen molar-refractivity contribution in [2.45, 2.75) is 92.4 Å². The minimum atomic E-state index is 0. The summed E-state index contributed by atoms with van der Waals surface area (Å²) in [5.41, 5.74) is 0. The van der Waals surface area contributed by atoms with Crippen LogP contribution in [0.15, 0.2) is 24.8 Å². The maximum Gasteiger partial charge on any atom is 0.253 e. The van der Waals surface area contributed by atoms with Crippen LogP contribution < -0.4 is 57.1 Å². The zero-order valence-corrected chi connectivity index (χ0v) is 21.6. The van der Waals surface area contributed by atoms with E-state index in [0.29, 0.717) is 12.1 Å². The lowest BCUT2D eigenvalue weighted by molar-refractivity contribution is -0.704. The van der Waals surface area contributed by atoms with Crippen LogP contribution in [0.4, 0.5) is 0 Å². The number of hydrogen-bond acceptors (Lipinski definition) is 0.